The lowest BCUT2D eigenvalue weighted by Gasteiger charge is -2.21. The number of ether oxygens (including phenoxy) is 2. The maximum Gasteiger partial charge on any atom is 0.328 e. The van der Waals surface area contributed by atoms with E-state index in [0.29, 0.717) is 12.8 Å². The number of hydrogen-bond acceptors (Lipinski definition) is 7. The van der Waals surface area contributed by atoms with Crippen molar-refractivity contribution in [3.8, 4) is 0 Å². The molecule has 0 rings (SSSR count). The first-order valence-electron chi connectivity index (χ1n) is 24.0. The molecule has 0 aromatic carbocycles. The number of esters is 2. The predicted molar refractivity (Wildman–Crippen MR) is 234 cm³/mol. The van der Waals surface area contributed by atoms with Gasteiger partial charge < -0.3 is 30.3 Å². The summed E-state index contributed by atoms with van der Waals surface area (Å²) in [5.74, 6) is -3.75. The summed E-state index contributed by atoms with van der Waals surface area (Å²) < 4.78 is 10.8. The summed E-state index contributed by atoms with van der Waals surface area (Å²) in [6, 6.07) is -3.37. The lowest BCUT2D eigenvalue weighted by Crippen LogP contribution is -2.52. The smallest absolute Gasteiger partial charge is 0.328 e. The van der Waals surface area contributed by atoms with Gasteiger partial charge in [0.2, 0.25) is 0 Å². The molecule has 0 fully saturated rings. The van der Waals surface area contributed by atoms with Crippen molar-refractivity contribution in [2.45, 2.75) is 257 Å². The van der Waals surface area contributed by atoms with E-state index >= 15 is 0 Å². The number of nitrogens with one attached hydrogen (secondary N) is 2. The van der Waals surface area contributed by atoms with Crippen LogP contribution in [0.2, 0.25) is 0 Å². The first-order valence-corrected chi connectivity index (χ1v) is 24.0. The normalized spacial score (nSPS) is 12.2. The van der Waals surface area contributed by atoms with Crippen molar-refractivity contribution in [3.05, 3.63) is 0 Å². The zero-order chi connectivity index (χ0) is 42.7. The second-order valence-electron chi connectivity index (χ2n) is 16.5. The predicted octanol–water partition coefficient (Wildman–Crippen LogP) is 12.4. The number of carboxylic acid groups (broad SMARTS) is 2. The molecule has 0 aliphatic rings. The molecule has 0 spiro atoms. The summed E-state index contributed by atoms with van der Waals surface area (Å²) in [5, 5.41) is 23.3. The molecule has 0 saturated heterocycles. The molecule has 11 nitrogen and oxygen atoms in total. The van der Waals surface area contributed by atoms with Crippen molar-refractivity contribution in [1.82, 2.24) is 10.6 Å². The van der Waals surface area contributed by atoms with Crippen molar-refractivity contribution >= 4 is 29.9 Å². The van der Waals surface area contributed by atoms with Crippen LogP contribution in [0.25, 0.3) is 0 Å². The Bertz CT molecular complexity index is 933. The fraction of sp³-hybridized carbons (Fsp3) is 0.894. The number of amides is 2. The van der Waals surface area contributed by atoms with Gasteiger partial charge in [0.15, 0.2) is 0 Å². The van der Waals surface area contributed by atoms with E-state index in [-0.39, 0.29) is 38.9 Å². The van der Waals surface area contributed by atoms with E-state index in [1.807, 2.05) is 0 Å². The van der Waals surface area contributed by atoms with Gasteiger partial charge in [-0.1, -0.05) is 206 Å². The van der Waals surface area contributed by atoms with Gasteiger partial charge in [-0.3, -0.25) is 9.59 Å². The zero-order valence-electron chi connectivity index (χ0n) is 37.3. The van der Waals surface area contributed by atoms with E-state index in [4.69, 9.17) is 9.47 Å². The van der Waals surface area contributed by atoms with Crippen molar-refractivity contribution in [3.63, 3.8) is 0 Å². The molecule has 0 aromatic rings. The van der Waals surface area contributed by atoms with Crippen LogP contribution in [0, 0.1) is 0 Å². The second kappa shape index (κ2) is 42.3. The Morgan fingerprint density at radius 3 is 0.828 bits per heavy atom. The molecule has 2 amide bonds. The molecule has 0 unspecified atom stereocenters. The third-order valence-corrected chi connectivity index (χ3v) is 11.0. The Hall–Kier alpha value is -2.85. The topological polar surface area (TPSA) is 168 Å². The summed E-state index contributed by atoms with van der Waals surface area (Å²) in [6.45, 7) is 4.83. The fourth-order valence-electron chi connectivity index (χ4n) is 7.24. The third kappa shape index (κ3) is 38.7. The monoisotopic (exact) mass is 825 g/mol. The van der Waals surface area contributed by atoms with Crippen LogP contribution in [0.5, 0.6) is 0 Å². The highest BCUT2D eigenvalue weighted by atomic mass is 16.5. The third-order valence-electron chi connectivity index (χ3n) is 11.0. The van der Waals surface area contributed by atoms with Gasteiger partial charge in [0, 0.05) is 12.8 Å². The fourth-order valence-corrected chi connectivity index (χ4v) is 7.24. The van der Waals surface area contributed by atoms with Crippen LogP contribution >= 0.6 is 0 Å². The van der Waals surface area contributed by atoms with Gasteiger partial charge in [0.25, 0.3) is 0 Å². The molecule has 0 aliphatic heterocycles. The summed E-state index contributed by atoms with van der Waals surface area (Å²) >= 11 is 0. The van der Waals surface area contributed by atoms with Gasteiger partial charge in [-0.25, -0.2) is 14.4 Å². The molecule has 0 radical (unpaired) electrons. The number of carbonyl (C=O) groups is 5. The van der Waals surface area contributed by atoms with Crippen LogP contribution in [-0.4, -0.2) is 65.4 Å². The highest BCUT2D eigenvalue weighted by molar-refractivity contribution is 5.87. The molecule has 0 aromatic heterocycles. The highest BCUT2D eigenvalue weighted by Crippen LogP contribution is 2.16. The molecule has 0 bridgehead atoms. The van der Waals surface area contributed by atoms with E-state index < -0.39 is 42.0 Å². The Kier molecular flexibility index (Phi) is 40.2. The Labute approximate surface area is 353 Å². The summed E-state index contributed by atoms with van der Waals surface area (Å²) in [6.07, 6.45) is 38.2. The number of urea groups is 1. The molecular formula is C47H88N2O9. The van der Waals surface area contributed by atoms with Crippen LogP contribution in [0.15, 0.2) is 0 Å². The largest absolute Gasteiger partial charge is 0.481 e. The minimum absolute atomic E-state index is 0.164. The van der Waals surface area contributed by atoms with Crippen molar-refractivity contribution < 1.29 is 43.7 Å². The molecule has 2 atom stereocenters. The number of carboxylic acids is 2. The average Bonchev–Trinajstić information content (AvgIpc) is 3.20. The number of unbranched alkanes of at least 4 members (excludes halogenated alkanes) is 30. The first-order chi connectivity index (χ1) is 28.2. The second-order valence-corrected chi connectivity index (χ2v) is 16.5. The van der Waals surface area contributed by atoms with E-state index in [1.165, 1.54) is 154 Å². The van der Waals surface area contributed by atoms with Gasteiger partial charge >= 0.3 is 29.9 Å². The average molecular weight is 825 g/mol. The summed E-state index contributed by atoms with van der Waals surface area (Å²) in [7, 11) is 0. The van der Waals surface area contributed by atoms with Crippen LogP contribution in [-0.2, 0) is 28.7 Å². The van der Waals surface area contributed by atoms with Gasteiger partial charge in [-0.15, -0.1) is 0 Å². The maximum atomic E-state index is 12.9. The Morgan fingerprint density at radius 1 is 0.379 bits per heavy atom. The van der Waals surface area contributed by atoms with Crippen LogP contribution < -0.4 is 10.6 Å². The van der Waals surface area contributed by atoms with Gasteiger partial charge in [-0.05, 0) is 25.7 Å². The van der Waals surface area contributed by atoms with Crippen LogP contribution in [0.1, 0.15) is 245 Å². The molecule has 0 aliphatic carbocycles. The van der Waals surface area contributed by atoms with Gasteiger partial charge in [-0.2, -0.15) is 0 Å². The van der Waals surface area contributed by atoms with Gasteiger partial charge in [0.1, 0.15) is 12.1 Å². The SMILES string of the molecule is CCCCCCCCCCCCCCCCCCOC(=O)[C@H](CCC(=O)O)NC(=O)N[C@@H](CCC(=O)O)C(=O)OCCCCCCCCCCCCCCCCCC. The Morgan fingerprint density at radius 2 is 0.603 bits per heavy atom. The standard InChI is InChI=1S/C47H88N2O9/c1-3-5-7-9-11-13-15-17-19-21-23-25-27-29-31-33-39-57-45(54)41(35-37-43(50)51)48-47(56)49-42(36-38-44(52)53)46(55)58-40-34-32-30-28-26-24-22-20-18-16-14-12-10-8-6-4-2/h41-42H,3-40H2,1-2H3,(H,50,51)(H,52,53)(H2,48,49,56)/t41-,42-/m0/s1. The van der Waals surface area contributed by atoms with E-state index in [0.717, 1.165) is 38.5 Å². The van der Waals surface area contributed by atoms with E-state index in [1.54, 1.807) is 0 Å². The molecule has 58 heavy (non-hydrogen) atoms. The lowest BCUT2D eigenvalue weighted by molar-refractivity contribution is -0.147. The molecular weight excluding hydrogens is 737 g/mol. The zero-order valence-corrected chi connectivity index (χ0v) is 37.3. The molecule has 4 N–H and O–H groups in total. The molecule has 0 heterocycles. The van der Waals surface area contributed by atoms with E-state index in [9.17, 15) is 34.2 Å². The molecule has 11 heteroatoms. The summed E-state index contributed by atoms with van der Waals surface area (Å²) in [5.41, 5.74) is 0. The number of rotatable bonds is 44. The van der Waals surface area contributed by atoms with Crippen molar-refractivity contribution in [2.24, 2.45) is 0 Å². The molecule has 340 valence electrons. The minimum atomic E-state index is -1.24. The summed E-state index contributed by atoms with van der Waals surface area (Å²) in [4.78, 5) is 61.1. The van der Waals surface area contributed by atoms with Gasteiger partial charge in [0.05, 0.1) is 13.2 Å². The number of aliphatic carboxylic acids is 2. The first kappa shape index (κ1) is 55.2. The van der Waals surface area contributed by atoms with Crippen LogP contribution in [0.3, 0.4) is 0 Å². The lowest BCUT2D eigenvalue weighted by atomic mass is 10.0. The van der Waals surface area contributed by atoms with Crippen molar-refractivity contribution in [2.75, 3.05) is 13.2 Å². The maximum absolute atomic E-state index is 12.9. The Balaban J connectivity index is 4.33. The van der Waals surface area contributed by atoms with E-state index in [2.05, 4.69) is 24.5 Å². The number of carbonyl (C=O) groups excluding carboxylic acids is 3. The molecule has 0 saturated carbocycles. The minimum Gasteiger partial charge on any atom is -0.481 e. The van der Waals surface area contributed by atoms with Crippen molar-refractivity contribution in [1.29, 1.82) is 0 Å². The van der Waals surface area contributed by atoms with Crippen LogP contribution in [0.4, 0.5) is 4.79 Å². The highest BCUT2D eigenvalue weighted by Gasteiger charge is 2.27. The number of hydrogen-bond donors (Lipinski definition) is 4. The quantitative estimate of drug-likeness (QED) is 0.0345.